The molecule has 1 atom stereocenters. The molecule has 0 fully saturated rings. The summed E-state index contributed by atoms with van der Waals surface area (Å²) in [5.41, 5.74) is 0. The normalized spacial score (nSPS) is 14.8. The van der Waals surface area contributed by atoms with E-state index in [2.05, 4.69) is 31.2 Å². The van der Waals surface area contributed by atoms with E-state index in [0.717, 1.165) is 25.7 Å². The minimum absolute atomic E-state index is 0.0552. The predicted molar refractivity (Wildman–Crippen MR) is 156 cm³/mol. The van der Waals surface area contributed by atoms with E-state index in [1.807, 2.05) is 21.1 Å². The zero-order valence-electron chi connectivity index (χ0n) is 24.3. The molecule has 1 unspecified atom stereocenters. The molecule has 0 aromatic rings. The minimum atomic E-state index is -4.55. The van der Waals surface area contributed by atoms with Crippen molar-refractivity contribution in [3.8, 4) is 0 Å². The quantitative estimate of drug-likeness (QED) is 0.0478. The molecular formula is C30H61NO4P+. The van der Waals surface area contributed by atoms with Crippen molar-refractivity contribution in [2.24, 2.45) is 0 Å². The number of quaternary nitrogens is 1. The van der Waals surface area contributed by atoms with Crippen molar-refractivity contribution in [2.75, 3.05) is 27.7 Å². The fourth-order valence-corrected chi connectivity index (χ4v) is 5.73. The Bertz CT molecular complexity index is 609. The summed E-state index contributed by atoms with van der Waals surface area (Å²) < 4.78 is 12.1. The Kier molecular flexibility index (Phi) is 21.2. The average Bonchev–Trinajstić information content (AvgIpc) is 2.77. The maximum absolute atomic E-state index is 11.8. The van der Waals surface area contributed by atoms with Crippen molar-refractivity contribution < 1.29 is 23.9 Å². The second kappa shape index (κ2) is 21.5. The van der Waals surface area contributed by atoms with Crippen LogP contribution in [0.5, 0.6) is 0 Å². The van der Waals surface area contributed by atoms with E-state index in [9.17, 15) is 19.5 Å². The summed E-state index contributed by atoms with van der Waals surface area (Å²) in [7, 11) is 0.964. The van der Waals surface area contributed by atoms with E-state index in [0.29, 0.717) is 10.9 Å². The van der Waals surface area contributed by atoms with Gasteiger partial charge in [0.25, 0.3) is 0 Å². The number of allylic oxidation sites excluding steroid dienone is 4. The van der Waals surface area contributed by atoms with Crippen LogP contribution < -0.4 is 0 Å². The van der Waals surface area contributed by atoms with Gasteiger partial charge in [-0.2, -0.15) is 0 Å². The predicted octanol–water partition coefficient (Wildman–Crippen LogP) is 8.49. The van der Waals surface area contributed by atoms with Gasteiger partial charge in [-0.3, -0.25) is 4.57 Å². The van der Waals surface area contributed by atoms with Crippen LogP contribution in [0.1, 0.15) is 135 Å². The van der Waals surface area contributed by atoms with Crippen LogP contribution >= 0.6 is 7.60 Å². The van der Waals surface area contributed by atoms with Crippen molar-refractivity contribution in [1.82, 2.24) is 0 Å². The van der Waals surface area contributed by atoms with E-state index in [1.165, 1.54) is 89.9 Å². The molecule has 0 saturated heterocycles. The van der Waals surface area contributed by atoms with Crippen LogP contribution in [0.15, 0.2) is 24.3 Å². The van der Waals surface area contributed by atoms with Gasteiger partial charge in [-0.05, 0) is 64.2 Å². The largest absolute Gasteiger partial charge is 0.373 e. The van der Waals surface area contributed by atoms with Crippen LogP contribution in [-0.2, 0) is 4.57 Å². The van der Waals surface area contributed by atoms with E-state index < -0.39 is 12.9 Å². The molecule has 5 nitrogen and oxygen atoms in total. The molecule has 0 spiro atoms. The summed E-state index contributed by atoms with van der Waals surface area (Å²) in [4.78, 5) is 19.2. The van der Waals surface area contributed by atoms with Crippen LogP contribution in [0.3, 0.4) is 0 Å². The number of hydrogen-bond acceptors (Lipinski definition) is 2. The zero-order valence-corrected chi connectivity index (χ0v) is 25.2. The van der Waals surface area contributed by atoms with Gasteiger partial charge in [0.2, 0.25) is 5.34 Å². The lowest BCUT2D eigenvalue weighted by Crippen LogP contribution is -2.49. The molecule has 36 heavy (non-hydrogen) atoms. The smallest absolute Gasteiger partial charge is 0.362 e. The Labute approximate surface area is 224 Å². The Morgan fingerprint density at radius 3 is 1.31 bits per heavy atom. The molecule has 6 heteroatoms. The summed E-state index contributed by atoms with van der Waals surface area (Å²) >= 11 is 0. The molecule has 0 rings (SSSR count). The summed E-state index contributed by atoms with van der Waals surface area (Å²) in [5, 5.41) is 8.65. The van der Waals surface area contributed by atoms with Crippen LogP contribution in [0.2, 0.25) is 0 Å². The average molecular weight is 531 g/mol. The molecule has 3 N–H and O–H groups in total. The van der Waals surface area contributed by atoms with Crippen molar-refractivity contribution >= 4 is 7.60 Å². The number of likely N-dealkylation sites (N-methyl/N-ethyl adjacent to an activating group) is 1. The van der Waals surface area contributed by atoms with Gasteiger partial charge in [-0.1, -0.05) is 95.4 Å². The van der Waals surface area contributed by atoms with Crippen LogP contribution in [-0.4, -0.2) is 52.4 Å². The molecule has 0 saturated carbocycles. The number of aliphatic hydroxyl groups is 1. The van der Waals surface area contributed by atoms with Gasteiger partial charge < -0.3 is 19.4 Å². The lowest BCUT2D eigenvalue weighted by Gasteiger charge is -2.35. The SMILES string of the molecule is CCCCCCCCC/C=C\CCCC/C=C\CCCCCCCCC(O)(C[N+](C)(C)C)P(=O)(O)O. The highest BCUT2D eigenvalue weighted by molar-refractivity contribution is 7.53. The summed E-state index contributed by atoms with van der Waals surface area (Å²) in [6.45, 7) is 2.33. The molecule has 0 bridgehead atoms. The third kappa shape index (κ3) is 21.6. The highest BCUT2D eigenvalue weighted by Gasteiger charge is 2.48. The summed E-state index contributed by atoms with van der Waals surface area (Å²) in [5.74, 6) is 0. The molecule has 0 aliphatic heterocycles. The molecular weight excluding hydrogens is 469 g/mol. The molecule has 214 valence electrons. The van der Waals surface area contributed by atoms with E-state index >= 15 is 0 Å². The third-order valence-electron chi connectivity index (χ3n) is 6.77. The highest BCUT2D eigenvalue weighted by atomic mass is 31.2. The highest BCUT2D eigenvalue weighted by Crippen LogP contribution is 2.52. The molecule has 0 aromatic heterocycles. The molecule has 0 aliphatic rings. The van der Waals surface area contributed by atoms with Crippen molar-refractivity contribution in [2.45, 2.75) is 141 Å². The first-order chi connectivity index (χ1) is 17.0. The van der Waals surface area contributed by atoms with Crippen LogP contribution in [0.4, 0.5) is 0 Å². The summed E-state index contributed by atoms with van der Waals surface area (Å²) in [6, 6.07) is 0. The maximum Gasteiger partial charge on any atom is 0.362 e. The van der Waals surface area contributed by atoms with Gasteiger partial charge in [-0.25, -0.2) is 0 Å². The van der Waals surface area contributed by atoms with Gasteiger partial charge in [0.15, 0.2) is 0 Å². The Morgan fingerprint density at radius 2 is 0.944 bits per heavy atom. The number of nitrogens with zero attached hydrogens (tertiary/aromatic N) is 1. The number of rotatable bonds is 25. The van der Waals surface area contributed by atoms with Crippen molar-refractivity contribution in [1.29, 1.82) is 0 Å². The molecule has 0 heterocycles. The fraction of sp³-hybridized carbons (Fsp3) is 0.867. The zero-order chi connectivity index (χ0) is 27.2. The van der Waals surface area contributed by atoms with Crippen LogP contribution in [0.25, 0.3) is 0 Å². The lowest BCUT2D eigenvalue weighted by atomic mass is 10.0. The summed E-state index contributed by atoms with van der Waals surface area (Å²) in [6.07, 6.45) is 32.7. The topological polar surface area (TPSA) is 77.8 Å². The van der Waals surface area contributed by atoms with E-state index in [-0.39, 0.29) is 13.0 Å². The Morgan fingerprint density at radius 1 is 0.611 bits per heavy atom. The van der Waals surface area contributed by atoms with Gasteiger partial charge >= 0.3 is 7.60 Å². The second-order valence-electron chi connectivity index (χ2n) is 11.8. The number of unbranched alkanes of at least 4 members (excludes halogenated alkanes) is 16. The lowest BCUT2D eigenvalue weighted by molar-refractivity contribution is -0.875. The molecule has 0 aliphatic carbocycles. The van der Waals surface area contributed by atoms with E-state index in [1.54, 1.807) is 0 Å². The Hall–Kier alpha value is -0.450. The number of hydrogen-bond donors (Lipinski definition) is 3. The fourth-order valence-electron chi connectivity index (χ4n) is 4.67. The maximum atomic E-state index is 11.8. The third-order valence-corrected chi connectivity index (χ3v) is 8.22. The second-order valence-corrected chi connectivity index (χ2v) is 13.7. The minimum Gasteiger partial charge on any atom is -0.373 e. The standard InChI is InChI=1S/C30H60NO4P/c1-5-6-7-8-9-10-11-12-13-14-15-16-17-18-19-20-21-22-23-24-25-26-27-28-30(32,36(33,34)35)29-31(2,3)4/h13-14,19-20,32H,5-12,15-18,21-29H2,1-4H3,(H-,33,34,35)/p+1/b14-13-,20-19-. The van der Waals surface area contributed by atoms with Crippen molar-refractivity contribution in [3.63, 3.8) is 0 Å². The molecule has 0 aromatic carbocycles. The Balaban J connectivity index is 3.57. The first kappa shape index (κ1) is 35.5. The monoisotopic (exact) mass is 530 g/mol. The van der Waals surface area contributed by atoms with Gasteiger partial charge in [0.05, 0.1) is 21.1 Å². The van der Waals surface area contributed by atoms with E-state index in [4.69, 9.17) is 0 Å². The first-order valence-corrected chi connectivity index (χ1v) is 16.5. The van der Waals surface area contributed by atoms with Crippen LogP contribution in [0, 0.1) is 0 Å². The van der Waals surface area contributed by atoms with Gasteiger partial charge in [0.1, 0.15) is 6.54 Å². The molecule has 0 radical (unpaired) electrons. The van der Waals surface area contributed by atoms with Gasteiger partial charge in [0, 0.05) is 0 Å². The molecule has 0 amide bonds. The van der Waals surface area contributed by atoms with Crippen molar-refractivity contribution in [3.05, 3.63) is 24.3 Å². The van der Waals surface area contributed by atoms with Gasteiger partial charge in [-0.15, -0.1) is 0 Å². The first-order valence-electron chi connectivity index (χ1n) is 14.9.